The number of benzene rings is 1. The second-order valence-electron chi connectivity index (χ2n) is 6.58. The van der Waals surface area contributed by atoms with E-state index in [2.05, 4.69) is 4.99 Å². The molecule has 1 saturated carbocycles. The highest BCUT2D eigenvalue weighted by molar-refractivity contribution is 6.16. The number of ketones is 2. The van der Waals surface area contributed by atoms with Crippen LogP contribution in [0.2, 0.25) is 0 Å². The molecule has 0 N–H and O–H groups in total. The number of hydrogen-bond acceptors (Lipinski definition) is 4. The van der Waals surface area contributed by atoms with Gasteiger partial charge in [0.15, 0.2) is 0 Å². The normalized spacial score (nSPS) is 18.9. The number of carbonyl (C=O) groups excluding carboxylic acids is 2. The van der Waals surface area contributed by atoms with Crippen molar-refractivity contribution in [1.82, 2.24) is 0 Å². The smallest absolute Gasteiger partial charge is 0.149 e. The maximum atomic E-state index is 12.0. The molecule has 4 nitrogen and oxygen atoms in total. The van der Waals surface area contributed by atoms with Crippen molar-refractivity contribution in [3.8, 4) is 5.75 Å². The molecule has 0 heterocycles. The highest BCUT2D eigenvalue weighted by Crippen LogP contribution is 2.33. The minimum atomic E-state index is -0.635. The first-order valence-corrected chi connectivity index (χ1v) is 7.59. The van der Waals surface area contributed by atoms with E-state index in [0.717, 1.165) is 17.7 Å². The van der Waals surface area contributed by atoms with Gasteiger partial charge in [-0.15, -0.1) is 0 Å². The lowest BCUT2D eigenvalue weighted by molar-refractivity contribution is -0.136. The number of ether oxygens (including phenoxy) is 1. The average molecular weight is 301 g/mol. The van der Waals surface area contributed by atoms with Crippen molar-refractivity contribution in [2.24, 2.45) is 16.3 Å². The quantitative estimate of drug-likeness (QED) is 0.620. The van der Waals surface area contributed by atoms with Gasteiger partial charge in [-0.2, -0.15) is 0 Å². The van der Waals surface area contributed by atoms with Crippen LogP contribution < -0.4 is 4.74 Å². The van der Waals surface area contributed by atoms with Crippen LogP contribution in [-0.2, 0) is 16.0 Å². The van der Waals surface area contributed by atoms with Gasteiger partial charge in [0.1, 0.15) is 23.2 Å². The summed E-state index contributed by atoms with van der Waals surface area (Å²) in [5.74, 6) is 0.182. The zero-order valence-corrected chi connectivity index (χ0v) is 13.5. The number of carbonyl (C=O) groups is 2. The van der Waals surface area contributed by atoms with Crippen molar-refractivity contribution in [2.45, 2.75) is 33.1 Å². The topological polar surface area (TPSA) is 55.7 Å². The lowest BCUT2D eigenvalue weighted by Crippen LogP contribution is -2.38. The standard InChI is InChI=1S/C18H23NO3/c1-18(2)10-16(20)15(17(21)11-18)12-19-9-8-13-4-6-14(22-3)7-5-13/h4-7,12,15H,8-11H2,1-3H3. The number of methoxy groups -OCH3 is 1. The van der Waals surface area contributed by atoms with Gasteiger partial charge in [-0.3, -0.25) is 14.6 Å². The Morgan fingerprint density at radius 2 is 1.77 bits per heavy atom. The molecular formula is C18H23NO3. The Hall–Kier alpha value is -1.97. The molecule has 0 unspecified atom stereocenters. The van der Waals surface area contributed by atoms with E-state index in [4.69, 9.17) is 4.74 Å². The van der Waals surface area contributed by atoms with E-state index in [1.807, 2.05) is 38.1 Å². The fourth-order valence-electron chi connectivity index (χ4n) is 2.74. The van der Waals surface area contributed by atoms with Gasteiger partial charge < -0.3 is 4.74 Å². The highest BCUT2D eigenvalue weighted by Gasteiger charge is 2.38. The van der Waals surface area contributed by atoms with E-state index in [0.29, 0.717) is 19.4 Å². The molecule has 4 heteroatoms. The molecule has 1 aromatic carbocycles. The number of rotatable bonds is 5. The van der Waals surface area contributed by atoms with Crippen molar-refractivity contribution in [3.05, 3.63) is 29.8 Å². The summed E-state index contributed by atoms with van der Waals surface area (Å²) in [6, 6.07) is 7.81. The molecule has 1 aliphatic carbocycles. The van der Waals surface area contributed by atoms with Crippen molar-refractivity contribution < 1.29 is 14.3 Å². The average Bonchev–Trinajstić information content (AvgIpc) is 2.45. The van der Waals surface area contributed by atoms with Crippen LogP contribution in [0, 0.1) is 11.3 Å². The second kappa shape index (κ2) is 6.86. The maximum Gasteiger partial charge on any atom is 0.149 e. The number of aliphatic imine (C=N–C) groups is 1. The first-order chi connectivity index (χ1) is 10.4. The predicted octanol–water partition coefficient (Wildman–Crippen LogP) is 2.88. The first kappa shape index (κ1) is 16.4. The molecule has 2 rings (SSSR count). The fraction of sp³-hybridized carbons (Fsp3) is 0.500. The molecule has 0 atom stereocenters. The van der Waals surface area contributed by atoms with Gasteiger partial charge in [0.2, 0.25) is 0 Å². The van der Waals surface area contributed by atoms with Gasteiger partial charge in [-0.25, -0.2) is 0 Å². The minimum absolute atomic E-state index is 0.00514. The van der Waals surface area contributed by atoms with E-state index >= 15 is 0 Å². The Morgan fingerprint density at radius 1 is 1.18 bits per heavy atom. The number of Topliss-reactive ketones (excluding diaryl/α,β-unsaturated/α-hetero) is 2. The molecule has 0 amide bonds. The van der Waals surface area contributed by atoms with Gasteiger partial charge in [0, 0.05) is 25.6 Å². The molecule has 1 fully saturated rings. The summed E-state index contributed by atoms with van der Waals surface area (Å²) >= 11 is 0. The molecule has 0 spiro atoms. The molecule has 0 aromatic heterocycles. The van der Waals surface area contributed by atoms with Crippen LogP contribution >= 0.6 is 0 Å². The van der Waals surface area contributed by atoms with Gasteiger partial charge in [-0.1, -0.05) is 26.0 Å². The zero-order chi connectivity index (χ0) is 16.2. The molecule has 1 aromatic rings. The van der Waals surface area contributed by atoms with Gasteiger partial charge in [-0.05, 0) is 29.5 Å². The Morgan fingerprint density at radius 3 is 2.32 bits per heavy atom. The summed E-state index contributed by atoms with van der Waals surface area (Å²) in [5.41, 5.74) is 0.946. The number of hydrogen-bond donors (Lipinski definition) is 0. The minimum Gasteiger partial charge on any atom is -0.497 e. The predicted molar refractivity (Wildman–Crippen MR) is 86.6 cm³/mol. The molecule has 0 radical (unpaired) electrons. The monoisotopic (exact) mass is 301 g/mol. The third-order valence-electron chi connectivity index (χ3n) is 3.94. The lowest BCUT2D eigenvalue weighted by Gasteiger charge is -2.30. The van der Waals surface area contributed by atoms with Crippen LogP contribution in [0.15, 0.2) is 29.3 Å². The van der Waals surface area contributed by atoms with Gasteiger partial charge >= 0.3 is 0 Å². The van der Waals surface area contributed by atoms with Crippen molar-refractivity contribution >= 4 is 17.8 Å². The van der Waals surface area contributed by atoms with Crippen LogP contribution in [0.3, 0.4) is 0 Å². The largest absolute Gasteiger partial charge is 0.497 e. The van der Waals surface area contributed by atoms with Gasteiger partial charge in [0.05, 0.1) is 7.11 Å². The summed E-state index contributed by atoms with van der Waals surface area (Å²) in [5, 5.41) is 0. The molecule has 0 saturated heterocycles. The molecule has 22 heavy (non-hydrogen) atoms. The van der Waals surface area contributed by atoms with Crippen molar-refractivity contribution in [3.63, 3.8) is 0 Å². The summed E-state index contributed by atoms with van der Waals surface area (Å²) in [6.45, 7) is 4.49. The van der Waals surface area contributed by atoms with Crippen LogP contribution in [-0.4, -0.2) is 31.4 Å². The van der Waals surface area contributed by atoms with Crippen LogP contribution in [0.5, 0.6) is 5.75 Å². The Bertz CT molecular complexity index is 552. The van der Waals surface area contributed by atoms with Gasteiger partial charge in [0.25, 0.3) is 0 Å². The van der Waals surface area contributed by atoms with E-state index in [9.17, 15) is 9.59 Å². The summed E-state index contributed by atoms with van der Waals surface area (Å²) in [4.78, 5) is 28.3. The maximum absolute atomic E-state index is 12.0. The van der Waals surface area contributed by atoms with E-state index < -0.39 is 5.92 Å². The van der Waals surface area contributed by atoms with Crippen LogP contribution in [0.4, 0.5) is 0 Å². The van der Waals surface area contributed by atoms with E-state index in [1.165, 1.54) is 0 Å². The lowest BCUT2D eigenvalue weighted by atomic mass is 9.72. The summed E-state index contributed by atoms with van der Waals surface area (Å²) < 4.78 is 5.11. The summed E-state index contributed by atoms with van der Waals surface area (Å²) in [6.07, 6.45) is 3.23. The molecule has 1 aliphatic rings. The summed E-state index contributed by atoms with van der Waals surface area (Å²) in [7, 11) is 1.64. The molecule has 118 valence electrons. The molecule has 0 aliphatic heterocycles. The molecular weight excluding hydrogens is 278 g/mol. The Labute approximate surface area is 131 Å². The Kier molecular flexibility index (Phi) is 5.11. The van der Waals surface area contributed by atoms with Crippen LogP contribution in [0.25, 0.3) is 0 Å². The third-order valence-corrected chi connectivity index (χ3v) is 3.94. The highest BCUT2D eigenvalue weighted by atomic mass is 16.5. The SMILES string of the molecule is COc1ccc(CCN=CC2C(=O)CC(C)(C)CC2=O)cc1. The number of nitrogens with zero attached hydrogens (tertiary/aromatic N) is 1. The zero-order valence-electron chi connectivity index (χ0n) is 13.5. The fourth-order valence-corrected chi connectivity index (χ4v) is 2.74. The second-order valence-corrected chi connectivity index (χ2v) is 6.58. The Balaban J connectivity index is 1.87. The van der Waals surface area contributed by atoms with E-state index in [1.54, 1.807) is 13.3 Å². The van der Waals surface area contributed by atoms with Crippen molar-refractivity contribution in [1.29, 1.82) is 0 Å². The first-order valence-electron chi connectivity index (χ1n) is 7.59. The van der Waals surface area contributed by atoms with E-state index in [-0.39, 0.29) is 17.0 Å². The van der Waals surface area contributed by atoms with Crippen LogP contribution in [0.1, 0.15) is 32.3 Å². The van der Waals surface area contributed by atoms with Crippen molar-refractivity contribution in [2.75, 3.05) is 13.7 Å². The third kappa shape index (κ3) is 4.26. The molecule has 0 bridgehead atoms.